The molecule has 0 amide bonds. The first-order valence-corrected chi connectivity index (χ1v) is 20.8. The maximum atomic E-state index is 6.43. The van der Waals surface area contributed by atoms with E-state index in [-0.39, 0.29) is 0 Å². The molecule has 2 aromatic heterocycles. The van der Waals surface area contributed by atoms with E-state index in [4.69, 9.17) is 8.83 Å². The zero-order valence-corrected chi connectivity index (χ0v) is 33.6. The van der Waals surface area contributed by atoms with Crippen LogP contribution in [0.5, 0.6) is 0 Å². The van der Waals surface area contributed by atoms with Gasteiger partial charge in [-0.15, -0.1) is 0 Å². The highest BCUT2D eigenvalue weighted by atomic mass is 16.3. The van der Waals surface area contributed by atoms with Gasteiger partial charge in [-0.2, -0.15) is 0 Å². The van der Waals surface area contributed by atoms with Crippen molar-refractivity contribution < 1.29 is 8.83 Å². The van der Waals surface area contributed by atoms with Crippen LogP contribution in [0.1, 0.15) is 18.1 Å². The molecule has 0 radical (unpaired) electrons. The summed E-state index contributed by atoms with van der Waals surface area (Å²) in [5.41, 5.74) is 15.2. The maximum absolute atomic E-state index is 6.43. The molecule has 0 N–H and O–H groups in total. The summed E-state index contributed by atoms with van der Waals surface area (Å²) in [5.74, 6) is 0. The Kier molecular flexibility index (Phi) is 7.95. The lowest BCUT2D eigenvalue weighted by Crippen LogP contribution is -1.85. The summed E-state index contributed by atoms with van der Waals surface area (Å²) in [6.45, 7) is 6.03. The van der Waals surface area contributed by atoms with Crippen molar-refractivity contribution in [3.63, 3.8) is 0 Å². The Morgan fingerprint density at radius 1 is 0.328 bits per heavy atom. The molecule has 12 rings (SSSR count). The first kappa shape index (κ1) is 35.0. The maximum Gasteiger partial charge on any atom is 0.139 e. The minimum Gasteiger partial charge on any atom is -0.456 e. The SMILES string of the molecule is C=Cc1ccc(-c2ccc3cc(-c4ccc5oc6cc7oc8ccc(-c9ccc%10cc(-c%11ccc%12ccccc%12c%11)ccc%10c9)cc8c7cc6c5c4)ccc3c2)cc1/C=C\C. The quantitative estimate of drug-likeness (QED) is 0.168. The number of furan rings is 2. The molecule has 0 fully saturated rings. The Morgan fingerprint density at radius 2 is 0.705 bits per heavy atom. The molecule has 0 bridgehead atoms. The molecule has 0 saturated heterocycles. The highest BCUT2D eigenvalue weighted by Crippen LogP contribution is 2.40. The fourth-order valence-electron chi connectivity index (χ4n) is 9.25. The number of hydrogen-bond donors (Lipinski definition) is 0. The predicted molar refractivity (Wildman–Crippen MR) is 260 cm³/mol. The highest BCUT2D eigenvalue weighted by molar-refractivity contribution is 6.16. The van der Waals surface area contributed by atoms with E-state index in [2.05, 4.69) is 195 Å². The Balaban J connectivity index is 0.879. The molecule has 0 aliphatic rings. The zero-order chi connectivity index (χ0) is 40.6. The zero-order valence-electron chi connectivity index (χ0n) is 33.6. The van der Waals surface area contributed by atoms with E-state index in [1.807, 2.05) is 19.1 Å². The minimum atomic E-state index is 0.821. The largest absolute Gasteiger partial charge is 0.456 e. The molecule has 61 heavy (non-hydrogen) atoms. The smallest absolute Gasteiger partial charge is 0.139 e. The van der Waals surface area contributed by atoms with E-state index < -0.39 is 0 Å². The first-order chi connectivity index (χ1) is 30.0. The van der Waals surface area contributed by atoms with E-state index >= 15 is 0 Å². The third-order valence-corrected chi connectivity index (χ3v) is 12.5. The summed E-state index contributed by atoms with van der Waals surface area (Å²) in [6.07, 6.45) is 6.12. The Labute approximate surface area is 352 Å². The summed E-state index contributed by atoms with van der Waals surface area (Å²) in [7, 11) is 0. The fraction of sp³-hybridized carbons (Fsp3) is 0.0169. The lowest BCUT2D eigenvalue weighted by atomic mass is 9.95. The van der Waals surface area contributed by atoms with Gasteiger partial charge in [0.25, 0.3) is 0 Å². The molecular formula is C59H38O2. The molecule has 2 heterocycles. The van der Waals surface area contributed by atoms with Gasteiger partial charge in [0.15, 0.2) is 0 Å². The standard InChI is InChI=1S/C59H38O2/c1-3-7-38-26-40(12-10-36(38)4-2)42-14-16-46-30-48(20-18-44(46)28-42)50-22-24-56-52(32-50)54-34-55-53-33-51(23-25-57(53)61-59(55)35-58(54)60-56)49-21-19-45-29-43(15-17-47(45)31-49)41-13-11-37-8-5-6-9-39(37)27-41/h3-35H,2H2,1H3/b7-3-. The van der Waals surface area contributed by atoms with Crippen molar-refractivity contribution in [1.82, 2.24) is 0 Å². The van der Waals surface area contributed by atoms with Crippen LogP contribution in [0.3, 0.4) is 0 Å². The van der Waals surface area contributed by atoms with Crippen LogP contribution in [0, 0.1) is 0 Å². The summed E-state index contributed by atoms with van der Waals surface area (Å²) >= 11 is 0. The second kappa shape index (κ2) is 13.8. The second-order valence-electron chi connectivity index (χ2n) is 16.1. The van der Waals surface area contributed by atoms with Gasteiger partial charge in [0.05, 0.1) is 0 Å². The third-order valence-electron chi connectivity index (χ3n) is 12.5. The number of hydrogen-bond acceptors (Lipinski definition) is 2. The van der Waals surface area contributed by atoms with Gasteiger partial charge in [0, 0.05) is 27.6 Å². The Hall–Kier alpha value is -7.94. The number of benzene rings is 10. The van der Waals surface area contributed by atoms with Crippen LogP contribution in [0.4, 0.5) is 0 Å². The molecule has 12 aromatic rings. The third kappa shape index (κ3) is 5.95. The van der Waals surface area contributed by atoms with Gasteiger partial charge in [0.1, 0.15) is 22.3 Å². The Morgan fingerprint density at radius 3 is 1.18 bits per heavy atom. The average Bonchev–Trinajstić information content (AvgIpc) is 3.86. The van der Waals surface area contributed by atoms with Crippen molar-refractivity contribution in [3.05, 3.63) is 206 Å². The molecule has 0 aliphatic carbocycles. The van der Waals surface area contributed by atoms with Crippen LogP contribution in [0.15, 0.2) is 203 Å². The van der Waals surface area contributed by atoms with Crippen LogP contribution in [0.2, 0.25) is 0 Å². The van der Waals surface area contributed by atoms with Crippen LogP contribution >= 0.6 is 0 Å². The van der Waals surface area contributed by atoms with E-state index in [0.717, 1.165) is 60.6 Å². The molecular weight excluding hydrogens is 741 g/mol. The van der Waals surface area contributed by atoms with Crippen molar-refractivity contribution in [3.8, 4) is 44.5 Å². The monoisotopic (exact) mass is 778 g/mol. The van der Waals surface area contributed by atoms with Gasteiger partial charge < -0.3 is 8.83 Å². The Bertz CT molecular complexity index is 3800. The average molecular weight is 779 g/mol. The van der Waals surface area contributed by atoms with Gasteiger partial charge in [0.2, 0.25) is 0 Å². The van der Waals surface area contributed by atoms with Crippen molar-refractivity contribution in [1.29, 1.82) is 0 Å². The molecule has 10 aromatic carbocycles. The lowest BCUT2D eigenvalue weighted by Gasteiger charge is -2.09. The second-order valence-corrected chi connectivity index (χ2v) is 16.1. The molecule has 286 valence electrons. The van der Waals surface area contributed by atoms with E-state index in [1.165, 1.54) is 71.3 Å². The summed E-state index contributed by atoms with van der Waals surface area (Å²) in [6, 6.07) is 66.1. The summed E-state index contributed by atoms with van der Waals surface area (Å²) in [4.78, 5) is 0. The lowest BCUT2D eigenvalue weighted by molar-refractivity contribution is 0.656. The topological polar surface area (TPSA) is 26.3 Å². The van der Waals surface area contributed by atoms with Gasteiger partial charge in [-0.05, 0) is 162 Å². The van der Waals surface area contributed by atoms with E-state index in [1.54, 1.807) is 0 Å². The fourth-order valence-corrected chi connectivity index (χ4v) is 9.25. The van der Waals surface area contributed by atoms with Crippen molar-refractivity contribution in [2.24, 2.45) is 0 Å². The molecule has 0 unspecified atom stereocenters. The summed E-state index contributed by atoms with van der Waals surface area (Å²) in [5, 5.41) is 11.7. The molecule has 2 nitrogen and oxygen atoms in total. The molecule has 2 heteroatoms. The summed E-state index contributed by atoms with van der Waals surface area (Å²) < 4.78 is 12.9. The van der Waals surface area contributed by atoms with Crippen LogP contribution in [-0.4, -0.2) is 0 Å². The molecule has 0 spiro atoms. The van der Waals surface area contributed by atoms with Crippen LogP contribution < -0.4 is 0 Å². The van der Waals surface area contributed by atoms with Gasteiger partial charge in [-0.25, -0.2) is 0 Å². The predicted octanol–water partition coefficient (Wildman–Crippen LogP) is 17.3. The first-order valence-electron chi connectivity index (χ1n) is 20.8. The molecule has 0 aliphatic heterocycles. The van der Waals surface area contributed by atoms with Crippen LogP contribution in [0.25, 0.3) is 133 Å². The van der Waals surface area contributed by atoms with Crippen molar-refractivity contribution >= 4 is 88.3 Å². The van der Waals surface area contributed by atoms with Gasteiger partial charge in [-0.1, -0.05) is 134 Å². The molecule has 0 atom stereocenters. The van der Waals surface area contributed by atoms with Gasteiger partial charge >= 0.3 is 0 Å². The number of rotatable bonds is 6. The molecule has 0 saturated carbocycles. The van der Waals surface area contributed by atoms with Crippen LogP contribution in [-0.2, 0) is 0 Å². The number of fused-ring (bicyclic) bond motifs is 9. The van der Waals surface area contributed by atoms with Crippen molar-refractivity contribution in [2.75, 3.05) is 0 Å². The minimum absolute atomic E-state index is 0.821. The highest BCUT2D eigenvalue weighted by Gasteiger charge is 2.16. The normalized spacial score (nSPS) is 12.0. The van der Waals surface area contributed by atoms with Crippen molar-refractivity contribution in [2.45, 2.75) is 6.92 Å². The van der Waals surface area contributed by atoms with E-state index in [0.29, 0.717) is 0 Å². The van der Waals surface area contributed by atoms with E-state index in [9.17, 15) is 0 Å². The number of allylic oxidation sites excluding steroid dienone is 1. The van der Waals surface area contributed by atoms with Gasteiger partial charge in [-0.3, -0.25) is 0 Å².